The van der Waals surface area contributed by atoms with Gasteiger partial charge in [0, 0.05) is 24.0 Å². The van der Waals surface area contributed by atoms with Gasteiger partial charge < -0.3 is 16.0 Å². The van der Waals surface area contributed by atoms with Gasteiger partial charge in [0.2, 0.25) is 17.7 Å². The Hall–Kier alpha value is -3.15. The zero-order valence-electron chi connectivity index (χ0n) is 16.3. The number of benzene rings is 2. The molecule has 0 spiro atoms. The largest absolute Gasteiger partial charge is 0.326 e. The average molecular weight is 367 g/mol. The summed E-state index contributed by atoms with van der Waals surface area (Å²) in [5, 5.41) is 8.22. The molecular formula is C21H25N3O3. The SMILES string of the molecule is CC(=O)Nc1ccc(NC(=O)C(C)(C)C(=O)Nc2ccc(C)cc2C)cc1. The summed E-state index contributed by atoms with van der Waals surface area (Å²) in [6.45, 7) is 8.46. The number of hydrogen-bond acceptors (Lipinski definition) is 3. The molecule has 2 aromatic carbocycles. The predicted octanol–water partition coefficient (Wildman–Crippen LogP) is 3.87. The number of anilines is 3. The van der Waals surface area contributed by atoms with Crippen LogP contribution in [-0.4, -0.2) is 17.7 Å². The molecule has 6 heteroatoms. The standard InChI is InChI=1S/C21H25N3O3/c1-13-6-11-18(14(2)12-13)24-20(27)21(4,5)19(26)23-17-9-7-16(8-10-17)22-15(3)25/h6-12H,1-5H3,(H,22,25)(H,23,26)(H,24,27). The van der Waals surface area contributed by atoms with Crippen molar-refractivity contribution in [2.24, 2.45) is 5.41 Å². The van der Waals surface area contributed by atoms with Crippen LogP contribution in [0.5, 0.6) is 0 Å². The second-order valence-electron chi connectivity index (χ2n) is 7.11. The van der Waals surface area contributed by atoms with Crippen molar-refractivity contribution in [3.05, 3.63) is 53.6 Å². The lowest BCUT2D eigenvalue weighted by Crippen LogP contribution is -2.41. The summed E-state index contributed by atoms with van der Waals surface area (Å²) in [7, 11) is 0. The molecule has 2 rings (SSSR count). The summed E-state index contributed by atoms with van der Waals surface area (Å²) in [6.07, 6.45) is 0. The molecule has 0 saturated carbocycles. The van der Waals surface area contributed by atoms with Crippen LogP contribution in [-0.2, 0) is 14.4 Å². The van der Waals surface area contributed by atoms with Crippen molar-refractivity contribution in [2.75, 3.05) is 16.0 Å². The molecule has 0 aliphatic carbocycles. The van der Waals surface area contributed by atoms with E-state index in [1.165, 1.54) is 6.92 Å². The smallest absolute Gasteiger partial charge is 0.239 e. The third kappa shape index (κ3) is 5.17. The molecule has 2 aromatic rings. The maximum Gasteiger partial charge on any atom is 0.239 e. The monoisotopic (exact) mass is 367 g/mol. The molecular weight excluding hydrogens is 342 g/mol. The number of rotatable bonds is 5. The summed E-state index contributed by atoms with van der Waals surface area (Å²) in [4.78, 5) is 36.3. The van der Waals surface area contributed by atoms with E-state index >= 15 is 0 Å². The van der Waals surface area contributed by atoms with Crippen LogP contribution in [0.4, 0.5) is 17.1 Å². The van der Waals surface area contributed by atoms with Crippen LogP contribution in [0.2, 0.25) is 0 Å². The van der Waals surface area contributed by atoms with Crippen LogP contribution in [0, 0.1) is 19.3 Å². The summed E-state index contributed by atoms with van der Waals surface area (Å²) >= 11 is 0. The highest BCUT2D eigenvalue weighted by molar-refractivity contribution is 6.14. The van der Waals surface area contributed by atoms with Crippen molar-refractivity contribution >= 4 is 34.8 Å². The highest BCUT2D eigenvalue weighted by atomic mass is 16.2. The normalized spacial score (nSPS) is 10.9. The molecule has 0 bridgehead atoms. The van der Waals surface area contributed by atoms with Crippen LogP contribution in [0.1, 0.15) is 31.9 Å². The number of nitrogens with one attached hydrogen (secondary N) is 3. The van der Waals surface area contributed by atoms with Crippen molar-refractivity contribution < 1.29 is 14.4 Å². The molecule has 142 valence electrons. The number of carbonyl (C=O) groups is 3. The van der Waals surface area contributed by atoms with E-state index in [1.807, 2.05) is 32.0 Å². The van der Waals surface area contributed by atoms with Gasteiger partial charge in [-0.15, -0.1) is 0 Å². The molecule has 3 N–H and O–H groups in total. The van der Waals surface area contributed by atoms with E-state index in [4.69, 9.17) is 0 Å². The number of hydrogen-bond donors (Lipinski definition) is 3. The molecule has 6 nitrogen and oxygen atoms in total. The fourth-order valence-electron chi connectivity index (χ4n) is 2.46. The van der Waals surface area contributed by atoms with E-state index in [9.17, 15) is 14.4 Å². The Labute approximate surface area is 159 Å². The highest BCUT2D eigenvalue weighted by Gasteiger charge is 2.36. The van der Waals surface area contributed by atoms with Crippen LogP contribution < -0.4 is 16.0 Å². The van der Waals surface area contributed by atoms with Crippen molar-refractivity contribution in [3.63, 3.8) is 0 Å². The van der Waals surface area contributed by atoms with E-state index < -0.39 is 11.3 Å². The lowest BCUT2D eigenvalue weighted by atomic mass is 9.90. The Morgan fingerprint density at radius 1 is 0.778 bits per heavy atom. The molecule has 0 unspecified atom stereocenters. The van der Waals surface area contributed by atoms with E-state index in [2.05, 4.69) is 16.0 Å². The second kappa shape index (κ2) is 8.03. The van der Waals surface area contributed by atoms with Gasteiger partial charge in [-0.05, 0) is 63.6 Å². The van der Waals surface area contributed by atoms with Crippen LogP contribution in [0.15, 0.2) is 42.5 Å². The quantitative estimate of drug-likeness (QED) is 0.701. The molecule has 27 heavy (non-hydrogen) atoms. The molecule has 0 atom stereocenters. The van der Waals surface area contributed by atoms with Crippen molar-refractivity contribution in [3.8, 4) is 0 Å². The minimum absolute atomic E-state index is 0.170. The van der Waals surface area contributed by atoms with Crippen molar-refractivity contribution in [2.45, 2.75) is 34.6 Å². The summed E-state index contributed by atoms with van der Waals surface area (Å²) in [5.41, 5.74) is 2.63. The van der Waals surface area contributed by atoms with Gasteiger partial charge >= 0.3 is 0 Å². The predicted molar refractivity (Wildman–Crippen MR) is 108 cm³/mol. The number of aryl methyl sites for hydroxylation is 2. The first-order chi connectivity index (χ1) is 12.6. The van der Waals surface area contributed by atoms with E-state index in [1.54, 1.807) is 38.1 Å². The molecule has 0 radical (unpaired) electrons. The van der Waals surface area contributed by atoms with Crippen LogP contribution in [0.3, 0.4) is 0 Å². The summed E-state index contributed by atoms with van der Waals surface area (Å²) < 4.78 is 0. The van der Waals surface area contributed by atoms with Gasteiger partial charge in [-0.25, -0.2) is 0 Å². The fraction of sp³-hybridized carbons (Fsp3) is 0.286. The molecule has 0 aromatic heterocycles. The molecule has 0 heterocycles. The van der Waals surface area contributed by atoms with Gasteiger partial charge in [-0.2, -0.15) is 0 Å². The zero-order valence-corrected chi connectivity index (χ0v) is 16.3. The van der Waals surface area contributed by atoms with Gasteiger partial charge in [0.15, 0.2) is 0 Å². The minimum Gasteiger partial charge on any atom is -0.326 e. The van der Waals surface area contributed by atoms with Gasteiger partial charge in [0.25, 0.3) is 0 Å². The fourth-order valence-corrected chi connectivity index (χ4v) is 2.46. The summed E-state index contributed by atoms with van der Waals surface area (Å²) in [5.74, 6) is -0.977. The van der Waals surface area contributed by atoms with E-state index in [0.29, 0.717) is 17.1 Å². The van der Waals surface area contributed by atoms with Gasteiger partial charge in [-0.3, -0.25) is 14.4 Å². The van der Waals surface area contributed by atoms with Crippen molar-refractivity contribution in [1.29, 1.82) is 0 Å². The molecule has 0 fully saturated rings. The van der Waals surface area contributed by atoms with Crippen LogP contribution >= 0.6 is 0 Å². The van der Waals surface area contributed by atoms with Gasteiger partial charge in [-0.1, -0.05) is 17.7 Å². The molecule has 0 aliphatic rings. The number of amides is 3. The highest BCUT2D eigenvalue weighted by Crippen LogP contribution is 2.24. The van der Waals surface area contributed by atoms with Gasteiger partial charge in [0.05, 0.1) is 0 Å². The first-order valence-corrected chi connectivity index (χ1v) is 8.67. The third-order valence-electron chi connectivity index (χ3n) is 4.23. The first kappa shape index (κ1) is 20.2. The lowest BCUT2D eigenvalue weighted by molar-refractivity contribution is -0.135. The Morgan fingerprint density at radius 3 is 1.81 bits per heavy atom. The Morgan fingerprint density at radius 2 is 1.30 bits per heavy atom. The topological polar surface area (TPSA) is 87.3 Å². The summed E-state index contributed by atoms with van der Waals surface area (Å²) in [6, 6.07) is 12.4. The first-order valence-electron chi connectivity index (χ1n) is 8.67. The maximum atomic E-state index is 12.7. The molecule has 0 saturated heterocycles. The van der Waals surface area contributed by atoms with E-state index in [-0.39, 0.29) is 11.8 Å². The average Bonchev–Trinajstić information content (AvgIpc) is 2.58. The number of carbonyl (C=O) groups excluding carboxylic acids is 3. The molecule has 3 amide bonds. The third-order valence-corrected chi connectivity index (χ3v) is 4.23. The van der Waals surface area contributed by atoms with Crippen molar-refractivity contribution in [1.82, 2.24) is 0 Å². The lowest BCUT2D eigenvalue weighted by Gasteiger charge is -2.23. The Kier molecular flexibility index (Phi) is 6.00. The zero-order chi connectivity index (χ0) is 20.2. The Balaban J connectivity index is 2.07. The van der Waals surface area contributed by atoms with Gasteiger partial charge in [0.1, 0.15) is 5.41 Å². The second-order valence-corrected chi connectivity index (χ2v) is 7.11. The maximum absolute atomic E-state index is 12.7. The van der Waals surface area contributed by atoms with E-state index in [0.717, 1.165) is 11.1 Å². The Bertz CT molecular complexity index is 871. The minimum atomic E-state index is -1.27. The van der Waals surface area contributed by atoms with Crippen LogP contribution in [0.25, 0.3) is 0 Å². The molecule has 0 aliphatic heterocycles.